The first-order chi connectivity index (χ1) is 13.7. The van der Waals surface area contributed by atoms with Crippen molar-refractivity contribution in [1.82, 2.24) is 0 Å². The van der Waals surface area contributed by atoms with Crippen LogP contribution in [0.4, 0.5) is 4.39 Å². The number of rotatable bonds is 4. The molecule has 0 atom stereocenters. The Morgan fingerprint density at radius 1 is 0.929 bits per heavy atom. The highest BCUT2D eigenvalue weighted by molar-refractivity contribution is 5.44. The molecule has 0 bridgehead atoms. The lowest BCUT2D eigenvalue weighted by molar-refractivity contribution is 0.331. The van der Waals surface area contributed by atoms with E-state index in [1.54, 1.807) is 6.07 Å². The highest BCUT2D eigenvalue weighted by Crippen LogP contribution is 2.36. The lowest BCUT2D eigenvalue weighted by Gasteiger charge is -2.27. The van der Waals surface area contributed by atoms with Crippen LogP contribution in [0.15, 0.2) is 42.5 Å². The fourth-order valence-corrected chi connectivity index (χ4v) is 4.03. The Morgan fingerprint density at radius 3 is 2.25 bits per heavy atom. The van der Waals surface area contributed by atoms with E-state index in [1.165, 1.54) is 31.2 Å². The van der Waals surface area contributed by atoms with Gasteiger partial charge in [-0.05, 0) is 86.3 Å². The lowest BCUT2D eigenvalue weighted by Crippen LogP contribution is -2.12. The van der Waals surface area contributed by atoms with Gasteiger partial charge in [-0.2, -0.15) is 0 Å². The first-order valence-corrected chi connectivity index (χ1v) is 10.5. The van der Waals surface area contributed by atoms with Gasteiger partial charge in [-0.15, -0.1) is 11.8 Å². The summed E-state index contributed by atoms with van der Waals surface area (Å²) in [6, 6.07) is 13.9. The molecule has 2 aromatic rings. The summed E-state index contributed by atoms with van der Waals surface area (Å²) in [5.74, 6) is 13.8. The molecule has 0 amide bonds. The first kappa shape index (κ1) is 20.2. The number of hydrogen-bond donors (Lipinski definition) is 0. The Bertz CT molecular complexity index is 891. The van der Waals surface area contributed by atoms with Gasteiger partial charge in [-0.3, -0.25) is 0 Å². The van der Waals surface area contributed by atoms with Crippen LogP contribution in [0.5, 0.6) is 0 Å². The number of aryl methyl sites for hydroxylation is 1. The summed E-state index contributed by atoms with van der Waals surface area (Å²) < 4.78 is 14.0. The van der Waals surface area contributed by atoms with E-state index in [0.29, 0.717) is 5.92 Å². The van der Waals surface area contributed by atoms with E-state index in [-0.39, 0.29) is 5.82 Å². The van der Waals surface area contributed by atoms with Gasteiger partial charge in [0.25, 0.3) is 0 Å². The van der Waals surface area contributed by atoms with Crippen molar-refractivity contribution >= 4 is 0 Å². The van der Waals surface area contributed by atoms with E-state index in [0.717, 1.165) is 41.9 Å². The van der Waals surface area contributed by atoms with Crippen LogP contribution in [-0.4, -0.2) is 0 Å². The molecule has 0 aliphatic heterocycles. The van der Waals surface area contributed by atoms with Crippen LogP contribution in [-0.2, 0) is 6.42 Å². The SMILES string of the molecule is CC#CCC1CCC(c2ccc(C#Cc3ccc(CCC)c(F)c3)cc2)CC1. The van der Waals surface area contributed by atoms with Gasteiger partial charge in [0.05, 0.1) is 0 Å². The zero-order valence-corrected chi connectivity index (χ0v) is 17.0. The molecule has 0 N–H and O–H groups in total. The molecule has 1 aliphatic carbocycles. The summed E-state index contributed by atoms with van der Waals surface area (Å²) in [5.41, 5.74) is 3.90. The molecule has 0 nitrogen and oxygen atoms in total. The van der Waals surface area contributed by atoms with Gasteiger partial charge in [0.1, 0.15) is 5.82 Å². The lowest BCUT2D eigenvalue weighted by atomic mass is 9.77. The van der Waals surface area contributed by atoms with Gasteiger partial charge < -0.3 is 0 Å². The monoisotopic (exact) mass is 372 g/mol. The first-order valence-electron chi connectivity index (χ1n) is 10.5. The molecule has 3 rings (SSSR count). The predicted molar refractivity (Wildman–Crippen MR) is 116 cm³/mol. The average molecular weight is 373 g/mol. The van der Waals surface area contributed by atoms with Crippen LogP contribution in [0, 0.1) is 35.4 Å². The van der Waals surface area contributed by atoms with Gasteiger partial charge >= 0.3 is 0 Å². The summed E-state index contributed by atoms with van der Waals surface area (Å²) >= 11 is 0. The Morgan fingerprint density at radius 2 is 1.61 bits per heavy atom. The van der Waals surface area contributed by atoms with Gasteiger partial charge in [0.2, 0.25) is 0 Å². The van der Waals surface area contributed by atoms with E-state index < -0.39 is 0 Å². The third-order valence-corrected chi connectivity index (χ3v) is 5.72. The van der Waals surface area contributed by atoms with Crippen molar-refractivity contribution in [2.45, 2.75) is 64.7 Å². The maximum absolute atomic E-state index is 14.0. The van der Waals surface area contributed by atoms with Crippen molar-refractivity contribution in [3.05, 3.63) is 70.5 Å². The zero-order chi connectivity index (χ0) is 19.8. The number of benzene rings is 2. The fourth-order valence-electron chi connectivity index (χ4n) is 4.03. The number of halogens is 1. The predicted octanol–water partition coefficient (Wildman–Crippen LogP) is 6.87. The van der Waals surface area contributed by atoms with Crippen LogP contribution in [0.2, 0.25) is 0 Å². The summed E-state index contributed by atoms with van der Waals surface area (Å²) in [4.78, 5) is 0. The van der Waals surface area contributed by atoms with Gasteiger partial charge in [0, 0.05) is 17.5 Å². The summed E-state index contributed by atoms with van der Waals surface area (Å²) in [7, 11) is 0. The second-order valence-corrected chi connectivity index (χ2v) is 7.78. The molecule has 1 saturated carbocycles. The average Bonchev–Trinajstić information content (AvgIpc) is 2.73. The molecule has 0 saturated heterocycles. The molecule has 0 unspecified atom stereocenters. The normalized spacial score (nSPS) is 18.5. The fraction of sp³-hybridized carbons (Fsp3) is 0.407. The quantitative estimate of drug-likeness (QED) is 0.514. The molecule has 144 valence electrons. The van der Waals surface area contributed by atoms with Crippen molar-refractivity contribution in [2.75, 3.05) is 0 Å². The third kappa shape index (κ3) is 5.50. The van der Waals surface area contributed by atoms with Crippen molar-refractivity contribution in [1.29, 1.82) is 0 Å². The summed E-state index contributed by atoms with van der Waals surface area (Å²) in [6.07, 6.45) is 7.84. The van der Waals surface area contributed by atoms with Crippen LogP contribution in [0.1, 0.15) is 80.5 Å². The molecule has 0 radical (unpaired) electrons. The Balaban J connectivity index is 1.60. The molecular weight excluding hydrogens is 343 g/mol. The Hall–Kier alpha value is -2.51. The molecule has 1 aliphatic rings. The van der Waals surface area contributed by atoms with Crippen LogP contribution < -0.4 is 0 Å². The van der Waals surface area contributed by atoms with Crippen molar-refractivity contribution in [3.8, 4) is 23.7 Å². The minimum atomic E-state index is -0.149. The molecule has 1 fully saturated rings. The van der Waals surface area contributed by atoms with Crippen molar-refractivity contribution < 1.29 is 4.39 Å². The van der Waals surface area contributed by atoms with E-state index in [9.17, 15) is 4.39 Å². The molecule has 28 heavy (non-hydrogen) atoms. The highest BCUT2D eigenvalue weighted by Gasteiger charge is 2.21. The maximum Gasteiger partial charge on any atom is 0.127 e. The smallest absolute Gasteiger partial charge is 0.127 e. The standard InChI is InChI=1S/C27H29F/c1-3-5-7-21-10-15-24(16-11-21)25-17-12-22(13-18-25)8-9-23-14-19-26(6-4-2)27(28)20-23/h12-14,17-21,24H,4,6-7,10-11,15-16H2,1-2H3. The van der Waals surface area contributed by atoms with Crippen LogP contribution >= 0.6 is 0 Å². The highest BCUT2D eigenvalue weighted by atomic mass is 19.1. The summed E-state index contributed by atoms with van der Waals surface area (Å²) in [5, 5.41) is 0. The minimum Gasteiger partial charge on any atom is -0.207 e. The van der Waals surface area contributed by atoms with E-state index in [2.05, 4.69) is 54.9 Å². The van der Waals surface area contributed by atoms with E-state index >= 15 is 0 Å². The van der Waals surface area contributed by atoms with Gasteiger partial charge in [-0.1, -0.05) is 43.4 Å². The largest absolute Gasteiger partial charge is 0.207 e. The molecule has 0 spiro atoms. The number of hydrogen-bond acceptors (Lipinski definition) is 0. The third-order valence-electron chi connectivity index (χ3n) is 5.72. The Labute approximate surface area is 169 Å². The molecule has 1 heteroatoms. The second kappa shape index (κ2) is 10.1. The molecular formula is C27H29F. The van der Waals surface area contributed by atoms with Gasteiger partial charge in [0.15, 0.2) is 0 Å². The molecule has 2 aromatic carbocycles. The second-order valence-electron chi connectivity index (χ2n) is 7.78. The van der Waals surface area contributed by atoms with Crippen LogP contribution in [0.25, 0.3) is 0 Å². The van der Waals surface area contributed by atoms with E-state index in [1.807, 2.05) is 19.1 Å². The van der Waals surface area contributed by atoms with Crippen LogP contribution in [0.3, 0.4) is 0 Å². The minimum absolute atomic E-state index is 0.149. The van der Waals surface area contributed by atoms with E-state index in [4.69, 9.17) is 0 Å². The van der Waals surface area contributed by atoms with Gasteiger partial charge in [-0.25, -0.2) is 4.39 Å². The molecule has 0 aromatic heterocycles. The summed E-state index contributed by atoms with van der Waals surface area (Å²) in [6.45, 7) is 3.98. The van der Waals surface area contributed by atoms with Crippen molar-refractivity contribution in [2.24, 2.45) is 5.92 Å². The molecule has 0 heterocycles. The zero-order valence-electron chi connectivity index (χ0n) is 17.0. The maximum atomic E-state index is 14.0. The Kier molecular flexibility index (Phi) is 7.33. The topological polar surface area (TPSA) is 0 Å². The van der Waals surface area contributed by atoms with Crippen molar-refractivity contribution in [3.63, 3.8) is 0 Å².